The maximum Gasteiger partial charge on any atom is 0.265 e. The molecule has 0 bridgehead atoms. The van der Waals surface area contributed by atoms with Gasteiger partial charge in [0.05, 0.1) is 17.9 Å². The predicted octanol–water partition coefficient (Wildman–Crippen LogP) is 4.11. The van der Waals surface area contributed by atoms with Gasteiger partial charge < -0.3 is 5.32 Å². The Morgan fingerprint density at radius 3 is 2.58 bits per heavy atom. The molecule has 0 radical (unpaired) electrons. The van der Waals surface area contributed by atoms with Gasteiger partial charge in [-0.1, -0.05) is 23.4 Å². The molecule has 166 valence electrons. The maximum absolute atomic E-state index is 13.2. The molecule has 1 aliphatic rings. The molecule has 10 heteroatoms. The third-order valence-corrected chi connectivity index (χ3v) is 6.79. The van der Waals surface area contributed by atoms with E-state index in [1.807, 2.05) is 12.1 Å². The summed E-state index contributed by atoms with van der Waals surface area (Å²) in [7, 11) is 0. The van der Waals surface area contributed by atoms with Crippen LogP contribution in [0.2, 0.25) is 5.02 Å². The summed E-state index contributed by atoms with van der Waals surface area (Å²) in [5.41, 5.74) is 2.18. The van der Waals surface area contributed by atoms with Crippen LogP contribution in [0.1, 0.15) is 29.7 Å². The minimum atomic E-state index is -0.315. The van der Waals surface area contributed by atoms with Crippen LogP contribution in [0.25, 0.3) is 16.7 Å². The van der Waals surface area contributed by atoms with Crippen LogP contribution < -0.4 is 10.9 Å². The SMILES string of the molecule is CC(=O)c1ccc(NC(=O)CC2CSc3nc4c(cnn4-c4ccc(Cl)cc4)c(=O)n32)cc1. The zero-order valence-corrected chi connectivity index (χ0v) is 19.1. The fourth-order valence-corrected chi connectivity index (χ4v) is 5.02. The van der Waals surface area contributed by atoms with Gasteiger partial charge in [0.1, 0.15) is 5.39 Å². The number of hydrogen-bond donors (Lipinski definition) is 1. The molecule has 1 aliphatic heterocycles. The van der Waals surface area contributed by atoms with Crippen LogP contribution in [0.3, 0.4) is 0 Å². The molecule has 1 amide bonds. The number of fused-ring (bicyclic) bond motifs is 2. The number of carbonyl (C=O) groups is 2. The Morgan fingerprint density at radius 1 is 1.15 bits per heavy atom. The van der Waals surface area contributed by atoms with E-state index in [1.54, 1.807) is 45.6 Å². The Morgan fingerprint density at radius 2 is 1.88 bits per heavy atom. The van der Waals surface area contributed by atoms with Gasteiger partial charge in [0.2, 0.25) is 5.91 Å². The zero-order chi connectivity index (χ0) is 23.1. The lowest BCUT2D eigenvalue weighted by molar-refractivity contribution is -0.116. The van der Waals surface area contributed by atoms with Crippen molar-refractivity contribution in [3.63, 3.8) is 0 Å². The van der Waals surface area contributed by atoms with Crippen LogP contribution in [0.4, 0.5) is 5.69 Å². The third kappa shape index (κ3) is 4.05. The molecule has 33 heavy (non-hydrogen) atoms. The van der Waals surface area contributed by atoms with Crippen LogP contribution >= 0.6 is 23.4 Å². The molecule has 1 atom stereocenters. The second-order valence-electron chi connectivity index (χ2n) is 7.69. The van der Waals surface area contributed by atoms with Gasteiger partial charge in [-0.05, 0) is 55.5 Å². The predicted molar refractivity (Wildman–Crippen MR) is 128 cm³/mol. The molecule has 0 spiro atoms. The first-order valence-corrected chi connectivity index (χ1v) is 11.6. The van der Waals surface area contributed by atoms with E-state index >= 15 is 0 Å². The molecule has 0 aliphatic carbocycles. The van der Waals surface area contributed by atoms with E-state index in [9.17, 15) is 14.4 Å². The maximum atomic E-state index is 13.2. The second kappa shape index (κ2) is 8.49. The molecule has 8 nitrogen and oxygen atoms in total. The van der Waals surface area contributed by atoms with Gasteiger partial charge in [-0.15, -0.1) is 0 Å². The first-order valence-electron chi connectivity index (χ1n) is 10.2. The number of nitrogens with one attached hydrogen (secondary N) is 1. The van der Waals surface area contributed by atoms with Gasteiger partial charge >= 0.3 is 0 Å². The molecule has 1 N–H and O–H groups in total. The Bertz CT molecular complexity index is 1440. The number of carbonyl (C=O) groups excluding carboxylic acids is 2. The van der Waals surface area contributed by atoms with E-state index < -0.39 is 0 Å². The monoisotopic (exact) mass is 479 g/mol. The summed E-state index contributed by atoms with van der Waals surface area (Å²) in [4.78, 5) is 42.0. The molecular weight excluding hydrogens is 462 g/mol. The van der Waals surface area contributed by atoms with Crippen LogP contribution in [0, 0.1) is 0 Å². The number of thioether (sulfide) groups is 1. The molecule has 5 rings (SSSR count). The zero-order valence-electron chi connectivity index (χ0n) is 17.5. The molecule has 2 aromatic carbocycles. The summed E-state index contributed by atoms with van der Waals surface area (Å²) in [5.74, 6) is 0.317. The fraction of sp³-hybridized carbons (Fsp3) is 0.174. The van der Waals surface area contributed by atoms with Crippen LogP contribution in [-0.4, -0.2) is 36.8 Å². The normalized spacial score (nSPS) is 14.9. The molecule has 0 saturated carbocycles. The van der Waals surface area contributed by atoms with Crippen LogP contribution in [0.5, 0.6) is 0 Å². The first-order chi connectivity index (χ1) is 15.9. The largest absolute Gasteiger partial charge is 0.326 e. The van der Waals surface area contributed by atoms with Crippen molar-refractivity contribution < 1.29 is 9.59 Å². The van der Waals surface area contributed by atoms with Crippen molar-refractivity contribution in [3.8, 4) is 5.69 Å². The number of benzene rings is 2. The van der Waals surface area contributed by atoms with E-state index in [-0.39, 0.29) is 29.7 Å². The summed E-state index contributed by atoms with van der Waals surface area (Å²) in [6, 6.07) is 13.5. The molecule has 0 fully saturated rings. The van der Waals surface area contributed by atoms with Crippen molar-refractivity contribution in [2.45, 2.75) is 24.5 Å². The third-order valence-electron chi connectivity index (χ3n) is 5.44. The smallest absolute Gasteiger partial charge is 0.265 e. The quantitative estimate of drug-likeness (QED) is 0.341. The number of anilines is 1. The van der Waals surface area contributed by atoms with E-state index in [4.69, 9.17) is 11.6 Å². The number of aromatic nitrogens is 4. The first kappa shape index (κ1) is 21.4. The lowest BCUT2D eigenvalue weighted by Crippen LogP contribution is -2.27. The van der Waals surface area contributed by atoms with Gasteiger partial charge in [-0.2, -0.15) is 5.10 Å². The van der Waals surface area contributed by atoms with Crippen molar-refractivity contribution >= 4 is 51.8 Å². The second-order valence-corrected chi connectivity index (χ2v) is 9.11. The number of Topliss-reactive ketones (excluding diaryl/α,β-unsaturated/α-hetero) is 1. The number of rotatable bonds is 5. The number of nitrogens with zero attached hydrogens (tertiary/aromatic N) is 4. The highest BCUT2D eigenvalue weighted by molar-refractivity contribution is 7.99. The van der Waals surface area contributed by atoms with Crippen molar-refractivity contribution in [3.05, 3.63) is 75.7 Å². The van der Waals surface area contributed by atoms with E-state index in [0.717, 1.165) is 5.69 Å². The van der Waals surface area contributed by atoms with Crippen molar-refractivity contribution in [2.24, 2.45) is 0 Å². The van der Waals surface area contributed by atoms with Crippen LogP contribution in [-0.2, 0) is 4.79 Å². The van der Waals surface area contributed by atoms with Crippen molar-refractivity contribution in [1.29, 1.82) is 0 Å². The molecule has 4 aromatic rings. The average Bonchev–Trinajstić information content (AvgIpc) is 3.40. The Hall–Kier alpha value is -3.43. The molecule has 0 saturated heterocycles. The minimum Gasteiger partial charge on any atom is -0.326 e. The standard InChI is InChI=1S/C23H18ClN5O3S/c1-13(30)14-2-6-16(7-3-14)26-20(31)10-18-12-33-23-27-21-19(22(32)28(18)23)11-25-29(21)17-8-4-15(24)5-9-17/h2-9,11,18H,10,12H2,1H3,(H,26,31). The minimum absolute atomic E-state index is 0.0370. The molecule has 1 unspecified atom stereocenters. The highest BCUT2D eigenvalue weighted by Crippen LogP contribution is 2.33. The summed E-state index contributed by atoms with van der Waals surface area (Å²) >= 11 is 7.41. The number of amides is 1. The summed E-state index contributed by atoms with van der Waals surface area (Å²) in [6.45, 7) is 1.49. The van der Waals surface area contributed by atoms with Gasteiger partial charge in [0.25, 0.3) is 5.56 Å². The van der Waals surface area contributed by atoms with Crippen LogP contribution in [0.15, 0.2) is 64.7 Å². The summed E-state index contributed by atoms with van der Waals surface area (Å²) in [6.07, 6.45) is 1.64. The Labute approximate surface area is 197 Å². The fourth-order valence-electron chi connectivity index (χ4n) is 3.77. The van der Waals surface area contributed by atoms with Gasteiger partial charge in [0.15, 0.2) is 16.6 Å². The topological polar surface area (TPSA) is 98.9 Å². The Balaban J connectivity index is 1.39. The number of halogens is 1. The van der Waals surface area contributed by atoms with Crippen molar-refractivity contribution in [1.82, 2.24) is 19.3 Å². The Kier molecular flexibility index (Phi) is 5.51. The van der Waals surface area contributed by atoms with E-state index in [2.05, 4.69) is 15.4 Å². The lowest BCUT2D eigenvalue weighted by atomic mass is 10.1. The van der Waals surface area contributed by atoms with E-state index in [0.29, 0.717) is 38.2 Å². The molecule has 3 heterocycles. The van der Waals surface area contributed by atoms with Gasteiger partial charge in [-0.25, -0.2) is 9.67 Å². The molecule has 2 aromatic heterocycles. The average molecular weight is 480 g/mol. The van der Waals surface area contributed by atoms with Gasteiger partial charge in [-0.3, -0.25) is 19.0 Å². The highest BCUT2D eigenvalue weighted by atomic mass is 35.5. The van der Waals surface area contributed by atoms with E-state index in [1.165, 1.54) is 24.9 Å². The highest BCUT2D eigenvalue weighted by Gasteiger charge is 2.29. The number of ketones is 1. The summed E-state index contributed by atoms with van der Waals surface area (Å²) in [5, 5.41) is 8.73. The van der Waals surface area contributed by atoms with Gasteiger partial charge in [0, 0.05) is 28.4 Å². The molecular formula is C23H18ClN5O3S. The van der Waals surface area contributed by atoms with Crippen molar-refractivity contribution in [2.75, 3.05) is 11.1 Å². The number of hydrogen-bond acceptors (Lipinski definition) is 6. The summed E-state index contributed by atoms with van der Waals surface area (Å²) < 4.78 is 3.19. The lowest BCUT2D eigenvalue weighted by Gasteiger charge is -2.13.